The van der Waals surface area contributed by atoms with E-state index in [1.165, 1.54) is 11.8 Å². The summed E-state index contributed by atoms with van der Waals surface area (Å²) in [6.07, 6.45) is -0.358. The van der Waals surface area contributed by atoms with E-state index < -0.39 is 0 Å². The molecular formula is C21H15ClN4OS2. The maximum atomic E-state index is 13.0. The number of amides is 1. The maximum Gasteiger partial charge on any atom is 0.276 e. The van der Waals surface area contributed by atoms with Gasteiger partial charge in [-0.05, 0) is 40.6 Å². The van der Waals surface area contributed by atoms with Crippen LogP contribution in [0.15, 0.2) is 75.5 Å². The molecule has 1 N–H and O–H groups in total. The molecule has 1 amide bonds. The highest BCUT2D eigenvalue weighted by Crippen LogP contribution is 2.32. The number of hydrazone groups is 1. The van der Waals surface area contributed by atoms with Crippen molar-refractivity contribution < 1.29 is 4.79 Å². The Morgan fingerprint density at radius 2 is 1.97 bits per heavy atom. The van der Waals surface area contributed by atoms with Gasteiger partial charge < -0.3 is 0 Å². The Morgan fingerprint density at radius 1 is 1.14 bits per heavy atom. The summed E-state index contributed by atoms with van der Waals surface area (Å²) >= 11 is 9.04. The number of thioether (sulfide) groups is 1. The van der Waals surface area contributed by atoms with Gasteiger partial charge in [0.2, 0.25) is 0 Å². The summed E-state index contributed by atoms with van der Waals surface area (Å²) in [5.74, 6) is 0.511. The van der Waals surface area contributed by atoms with E-state index in [0.29, 0.717) is 21.6 Å². The van der Waals surface area contributed by atoms with Gasteiger partial charge in [-0.1, -0.05) is 53.7 Å². The molecule has 0 saturated heterocycles. The number of amidine groups is 1. The molecule has 2 aliphatic rings. The molecule has 3 aromatic rings. The van der Waals surface area contributed by atoms with E-state index in [-0.39, 0.29) is 12.1 Å². The first kappa shape index (κ1) is 18.4. The molecule has 0 unspecified atom stereocenters. The number of rotatable bonds is 3. The van der Waals surface area contributed by atoms with Crippen molar-refractivity contribution in [1.29, 1.82) is 0 Å². The van der Waals surface area contributed by atoms with Gasteiger partial charge in [0.1, 0.15) is 5.70 Å². The first-order valence-corrected chi connectivity index (χ1v) is 11.3. The van der Waals surface area contributed by atoms with Crippen LogP contribution in [0.1, 0.15) is 17.3 Å². The second kappa shape index (κ2) is 7.67. The molecule has 144 valence electrons. The van der Waals surface area contributed by atoms with Crippen molar-refractivity contribution in [3.8, 4) is 0 Å². The third kappa shape index (κ3) is 3.57. The number of benzene rings is 2. The molecule has 5 rings (SSSR count). The maximum absolute atomic E-state index is 13.0. The molecule has 29 heavy (non-hydrogen) atoms. The Balaban J connectivity index is 1.53. The van der Waals surface area contributed by atoms with Crippen LogP contribution < -0.4 is 15.9 Å². The van der Waals surface area contributed by atoms with Gasteiger partial charge >= 0.3 is 0 Å². The molecule has 2 aliphatic heterocycles. The molecule has 5 nitrogen and oxygen atoms in total. The average Bonchev–Trinajstić information content (AvgIpc) is 3.27. The van der Waals surface area contributed by atoms with E-state index in [1.807, 2.05) is 65.4 Å². The van der Waals surface area contributed by atoms with Gasteiger partial charge in [0, 0.05) is 21.6 Å². The molecule has 8 heteroatoms. The standard InChI is InChI=1S/C21H15ClN4OS2/c22-15-7-5-13(6-8-15)11-29-21-24-20(27)18-16-3-1-2-4-17(16)23-19(26(18)25-21)14-9-10-28-12-14/h1-10,12,19H,11H2,(H,24,25,27)/t19-/m1/s1. The summed E-state index contributed by atoms with van der Waals surface area (Å²) in [6, 6.07) is 17.4. The predicted molar refractivity (Wildman–Crippen MR) is 118 cm³/mol. The van der Waals surface area contributed by atoms with Crippen molar-refractivity contribution in [3.63, 3.8) is 0 Å². The number of para-hydroxylation sites is 1. The van der Waals surface area contributed by atoms with Gasteiger partial charge in [-0.2, -0.15) is 11.3 Å². The Bertz CT molecular complexity index is 1220. The van der Waals surface area contributed by atoms with E-state index in [9.17, 15) is 4.79 Å². The van der Waals surface area contributed by atoms with Crippen LogP contribution in [-0.2, 0) is 10.5 Å². The van der Waals surface area contributed by atoms with E-state index in [1.54, 1.807) is 16.3 Å². The van der Waals surface area contributed by atoms with Crippen molar-refractivity contribution in [2.24, 2.45) is 10.1 Å². The van der Waals surface area contributed by atoms with Crippen LogP contribution in [0.2, 0.25) is 5.02 Å². The number of carbonyl (C=O) groups excluding carboxylic acids is 1. The zero-order chi connectivity index (χ0) is 19.8. The first-order valence-electron chi connectivity index (χ1n) is 8.95. The molecule has 2 aromatic carbocycles. The number of thiophene rings is 1. The molecular weight excluding hydrogens is 424 g/mol. The molecule has 0 saturated carbocycles. The van der Waals surface area contributed by atoms with Crippen LogP contribution in [0.25, 0.3) is 5.70 Å². The second-order valence-electron chi connectivity index (χ2n) is 6.54. The lowest BCUT2D eigenvalue weighted by molar-refractivity contribution is -0.116. The average molecular weight is 439 g/mol. The highest BCUT2D eigenvalue weighted by Gasteiger charge is 2.34. The Labute approximate surface area is 180 Å². The van der Waals surface area contributed by atoms with Crippen molar-refractivity contribution in [2.75, 3.05) is 0 Å². The molecule has 0 bridgehead atoms. The molecule has 1 atom stereocenters. The zero-order valence-corrected chi connectivity index (χ0v) is 17.5. The number of hydrogen-bond donors (Lipinski definition) is 1. The topological polar surface area (TPSA) is 57.1 Å². The number of hydrogen-bond acceptors (Lipinski definition) is 6. The largest absolute Gasteiger partial charge is 0.298 e. The Kier molecular flexibility index (Phi) is 4.87. The summed E-state index contributed by atoms with van der Waals surface area (Å²) < 4.78 is 0. The minimum absolute atomic E-state index is 0.166. The fourth-order valence-corrected chi connectivity index (χ4v) is 4.87. The van der Waals surface area contributed by atoms with Crippen LogP contribution >= 0.6 is 34.7 Å². The summed E-state index contributed by atoms with van der Waals surface area (Å²) in [5, 5.41) is 16.3. The van der Waals surface area contributed by atoms with E-state index >= 15 is 0 Å². The van der Waals surface area contributed by atoms with Crippen LogP contribution in [-0.4, -0.2) is 16.1 Å². The highest BCUT2D eigenvalue weighted by molar-refractivity contribution is 8.13. The van der Waals surface area contributed by atoms with Gasteiger partial charge in [-0.25, -0.2) is 5.01 Å². The minimum atomic E-state index is -0.358. The third-order valence-corrected chi connectivity index (χ3v) is 6.53. The molecule has 0 aliphatic carbocycles. The monoisotopic (exact) mass is 438 g/mol. The van der Waals surface area contributed by atoms with E-state index in [2.05, 4.69) is 5.32 Å². The van der Waals surface area contributed by atoms with Gasteiger partial charge in [-0.3, -0.25) is 15.1 Å². The smallest absolute Gasteiger partial charge is 0.276 e. The Morgan fingerprint density at radius 3 is 2.76 bits per heavy atom. The van der Waals surface area contributed by atoms with Crippen LogP contribution in [0.5, 0.6) is 0 Å². The lowest BCUT2D eigenvalue weighted by Gasteiger charge is -2.33. The van der Waals surface area contributed by atoms with Gasteiger partial charge in [0.05, 0.1) is 5.36 Å². The molecule has 0 radical (unpaired) electrons. The molecule has 1 aromatic heterocycles. The molecule has 3 heterocycles. The van der Waals surface area contributed by atoms with Crippen molar-refractivity contribution in [3.05, 3.63) is 92.1 Å². The first-order chi connectivity index (χ1) is 14.2. The fourth-order valence-electron chi connectivity index (χ4n) is 3.26. The van der Waals surface area contributed by atoms with Gasteiger partial charge in [-0.15, -0.1) is 5.10 Å². The summed E-state index contributed by atoms with van der Waals surface area (Å²) in [7, 11) is 0. The molecule has 0 fully saturated rings. The zero-order valence-electron chi connectivity index (χ0n) is 15.1. The third-order valence-electron chi connectivity index (χ3n) is 4.65. The highest BCUT2D eigenvalue weighted by atomic mass is 35.5. The lowest BCUT2D eigenvalue weighted by atomic mass is 10.1. The Hall–Kier alpha value is -2.61. The molecule has 0 spiro atoms. The number of carbonyl (C=O) groups is 1. The summed E-state index contributed by atoms with van der Waals surface area (Å²) in [6.45, 7) is 0. The quantitative estimate of drug-likeness (QED) is 0.681. The van der Waals surface area contributed by atoms with Crippen LogP contribution in [0.4, 0.5) is 0 Å². The fraction of sp³-hybridized carbons (Fsp3) is 0.0952. The number of nitrogens with one attached hydrogen (secondary N) is 1. The number of halogens is 1. The normalized spacial score (nSPS) is 17.8. The van der Waals surface area contributed by atoms with Crippen molar-refractivity contribution >= 4 is 51.5 Å². The van der Waals surface area contributed by atoms with Crippen LogP contribution in [0.3, 0.4) is 0 Å². The summed E-state index contributed by atoms with van der Waals surface area (Å²) in [4.78, 5) is 17.9. The minimum Gasteiger partial charge on any atom is -0.298 e. The number of fused-ring (bicyclic) bond motifs is 2. The van der Waals surface area contributed by atoms with Crippen molar-refractivity contribution in [1.82, 2.24) is 10.3 Å². The number of nitrogens with zero attached hydrogens (tertiary/aromatic N) is 3. The van der Waals surface area contributed by atoms with Crippen LogP contribution in [0, 0.1) is 0 Å². The van der Waals surface area contributed by atoms with Crippen molar-refractivity contribution in [2.45, 2.75) is 11.9 Å². The van der Waals surface area contributed by atoms with E-state index in [4.69, 9.17) is 21.7 Å². The summed E-state index contributed by atoms with van der Waals surface area (Å²) in [5.41, 5.74) is 2.65. The van der Waals surface area contributed by atoms with Gasteiger partial charge in [0.25, 0.3) is 5.91 Å². The lowest BCUT2D eigenvalue weighted by Crippen LogP contribution is -2.50. The second-order valence-corrected chi connectivity index (χ2v) is 8.72. The van der Waals surface area contributed by atoms with Gasteiger partial charge in [0.15, 0.2) is 11.3 Å². The van der Waals surface area contributed by atoms with E-state index in [0.717, 1.165) is 21.7 Å². The predicted octanol–water partition coefficient (Wildman–Crippen LogP) is 3.48. The SMILES string of the molecule is O=C1NC(SCc2ccc(Cl)cc2)=NN2C1=c1ccccc1=N[C@H]2c1ccsc1.